The fourth-order valence-corrected chi connectivity index (χ4v) is 1.57. The number of carbonyl (C=O) groups is 1. The van der Waals surface area contributed by atoms with Gasteiger partial charge in [0.2, 0.25) is 0 Å². The van der Waals surface area contributed by atoms with Gasteiger partial charge in [0.25, 0.3) is 0 Å². The van der Waals surface area contributed by atoms with Gasteiger partial charge in [-0.3, -0.25) is 0 Å². The Morgan fingerprint density at radius 3 is 2.62 bits per heavy atom. The highest BCUT2D eigenvalue weighted by atomic mass is 16.6. The third-order valence-electron chi connectivity index (χ3n) is 2.46. The third kappa shape index (κ3) is 6.04. The van der Waals surface area contributed by atoms with E-state index in [0.29, 0.717) is 30.1 Å². The number of ether oxygens (including phenoxy) is 2. The van der Waals surface area contributed by atoms with Gasteiger partial charge in [-0.1, -0.05) is 0 Å². The quantitative estimate of drug-likeness (QED) is 0.814. The first-order chi connectivity index (χ1) is 9.85. The van der Waals surface area contributed by atoms with Gasteiger partial charge in [-0.25, -0.2) is 4.79 Å². The lowest BCUT2D eigenvalue weighted by Gasteiger charge is -2.19. The Morgan fingerprint density at radius 1 is 1.33 bits per heavy atom. The minimum Gasteiger partial charge on any atom is -0.497 e. The van der Waals surface area contributed by atoms with Crippen molar-refractivity contribution in [1.82, 2.24) is 5.32 Å². The SMILES string of the molecule is COc1ccc(C#N)c(NCCNC(=O)OC(C)(C)C)c1. The number of carbonyl (C=O) groups excluding carboxylic acids is 1. The molecule has 2 N–H and O–H groups in total. The second-order valence-electron chi connectivity index (χ2n) is 5.38. The Bertz CT molecular complexity index is 530. The van der Waals surface area contributed by atoms with Crippen molar-refractivity contribution in [2.45, 2.75) is 26.4 Å². The highest BCUT2D eigenvalue weighted by molar-refractivity contribution is 5.67. The summed E-state index contributed by atoms with van der Waals surface area (Å²) in [7, 11) is 1.56. The molecule has 0 unspecified atom stereocenters. The molecule has 21 heavy (non-hydrogen) atoms. The number of rotatable bonds is 5. The van der Waals surface area contributed by atoms with Gasteiger partial charge in [-0.2, -0.15) is 5.26 Å². The first kappa shape index (κ1) is 16.6. The Kier molecular flexibility index (Phi) is 5.85. The number of benzene rings is 1. The summed E-state index contributed by atoms with van der Waals surface area (Å²) in [5.74, 6) is 0.664. The zero-order chi connectivity index (χ0) is 15.9. The Morgan fingerprint density at radius 2 is 2.05 bits per heavy atom. The number of methoxy groups -OCH3 is 1. The van der Waals surface area contributed by atoms with Gasteiger partial charge in [-0.15, -0.1) is 0 Å². The van der Waals surface area contributed by atoms with Crippen LogP contribution in [0.3, 0.4) is 0 Å². The van der Waals surface area contributed by atoms with Crippen LogP contribution in [0.2, 0.25) is 0 Å². The number of nitrogens with one attached hydrogen (secondary N) is 2. The second-order valence-corrected chi connectivity index (χ2v) is 5.38. The predicted molar refractivity (Wildman–Crippen MR) is 80.4 cm³/mol. The Labute approximate surface area is 125 Å². The van der Waals surface area contributed by atoms with E-state index in [0.717, 1.165) is 0 Å². The minimum atomic E-state index is -0.516. The molecule has 0 aliphatic carbocycles. The van der Waals surface area contributed by atoms with Crippen molar-refractivity contribution in [3.8, 4) is 11.8 Å². The monoisotopic (exact) mass is 291 g/mol. The van der Waals surface area contributed by atoms with Crippen LogP contribution in [0.1, 0.15) is 26.3 Å². The first-order valence-electron chi connectivity index (χ1n) is 6.64. The molecule has 0 aromatic heterocycles. The van der Waals surface area contributed by atoms with Crippen molar-refractivity contribution in [3.63, 3.8) is 0 Å². The number of hydrogen-bond donors (Lipinski definition) is 2. The molecule has 0 radical (unpaired) electrons. The second kappa shape index (κ2) is 7.39. The summed E-state index contributed by atoms with van der Waals surface area (Å²) >= 11 is 0. The van der Waals surface area contributed by atoms with Crippen LogP contribution in [0.4, 0.5) is 10.5 Å². The van der Waals surface area contributed by atoms with Crippen LogP contribution in [0.5, 0.6) is 5.75 Å². The van der Waals surface area contributed by atoms with Crippen LogP contribution in [0.25, 0.3) is 0 Å². The summed E-state index contributed by atoms with van der Waals surface area (Å²) in [6.45, 7) is 6.28. The van der Waals surface area contributed by atoms with Crippen molar-refractivity contribution in [3.05, 3.63) is 23.8 Å². The van der Waals surface area contributed by atoms with E-state index in [-0.39, 0.29) is 0 Å². The number of alkyl carbamates (subject to hydrolysis) is 1. The average molecular weight is 291 g/mol. The van der Waals surface area contributed by atoms with E-state index < -0.39 is 11.7 Å². The number of amides is 1. The minimum absolute atomic E-state index is 0.386. The fraction of sp³-hybridized carbons (Fsp3) is 0.467. The van der Waals surface area contributed by atoms with Crippen molar-refractivity contribution >= 4 is 11.8 Å². The van der Waals surface area contributed by atoms with Crippen LogP contribution in [0, 0.1) is 11.3 Å². The van der Waals surface area contributed by atoms with Crippen LogP contribution in [-0.4, -0.2) is 31.9 Å². The summed E-state index contributed by atoms with van der Waals surface area (Å²) in [5.41, 5.74) is 0.675. The molecule has 0 saturated carbocycles. The molecule has 6 nitrogen and oxygen atoms in total. The molecule has 1 aromatic carbocycles. The van der Waals surface area contributed by atoms with Gasteiger partial charge >= 0.3 is 6.09 Å². The first-order valence-corrected chi connectivity index (χ1v) is 6.64. The summed E-state index contributed by atoms with van der Waals surface area (Å²) in [5, 5.41) is 14.8. The normalized spacial score (nSPS) is 10.4. The molecule has 0 bridgehead atoms. The smallest absolute Gasteiger partial charge is 0.407 e. The molecule has 0 aliphatic rings. The molecule has 1 rings (SSSR count). The van der Waals surface area contributed by atoms with Crippen molar-refractivity contribution < 1.29 is 14.3 Å². The summed E-state index contributed by atoms with van der Waals surface area (Å²) in [4.78, 5) is 11.5. The summed E-state index contributed by atoms with van der Waals surface area (Å²) in [6.07, 6.45) is -0.463. The summed E-state index contributed by atoms with van der Waals surface area (Å²) < 4.78 is 10.2. The molecule has 6 heteroatoms. The molecule has 0 aliphatic heterocycles. The molecule has 0 spiro atoms. The zero-order valence-corrected chi connectivity index (χ0v) is 12.8. The van der Waals surface area contributed by atoms with Gasteiger partial charge in [0.05, 0.1) is 18.4 Å². The molecule has 1 aromatic rings. The average Bonchev–Trinajstić information content (AvgIpc) is 2.41. The Balaban J connectivity index is 2.46. The van der Waals surface area contributed by atoms with E-state index in [9.17, 15) is 4.79 Å². The van der Waals surface area contributed by atoms with Gasteiger partial charge < -0.3 is 20.1 Å². The predicted octanol–water partition coefficient (Wildman–Crippen LogP) is 2.50. The lowest BCUT2D eigenvalue weighted by atomic mass is 10.2. The molecule has 0 atom stereocenters. The van der Waals surface area contributed by atoms with Crippen molar-refractivity contribution in [1.29, 1.82) is 5.26 Å². The molecular formula is C15H21N3O3. The largest absolute Gasteiger partial charge is 0.497 e. The van der Waals surface area contributed by atoms with Gasteiger partial charge in [-0.05, 0) is 32.9 Å². The van der Waals surface area contributed by atoms with E-state index >= 15 is 0 Å². The fourth-order valence-electron chi connectivity index (χ4n) is 1.57. The van der Waals surface area contributed by atoms with Crippen LogP contribution >= 0.6 is 0 Å². The third-order valence-corrected chi connectivity index (χ3v) is 2.46. The van der Waals surface area contributed by atoms with Gasteiger partial charge in [0.1, 0.15) is 17.4 Å². The number of nitriles is 1. The molecule has 0 heterocycles. The molecule has 1 amide bonds. The van der Waals surface area contributed by atoms with E-state index in [1.54, 1.807) is 46.1 Å². The van der Waals surface area contributed by atoms with Gasteiger partial charge in [0.15, 0.2) is 0 Å². The molecule has 0 saturated heterocycles. The highest BCUT2D eigenvalue weighted by Crippen LogP contribution is 2.21. The standard InChI is InChI=1S/C15H21N3O3/c1-15(2,3)21-14(19)18-8-7-17-13-9-12(20-4)6-5-11(13)10-16/h5-6,9,17H,7-8H2,1-4H3,(H,18,19). The number of anilines is 1. The topological polar surface area (TPSA) is 83.4 Å². The van der Waals surface area contributed by atoms with Crippen molar-refractivity contribution in [2.24, 2.45) is 0 Å². The van der Waals surface area contributed by atoms with E-state index in [1.165, 1.54) is 0 Å². The Hall–Kier alpha value is -2.42. The molecule has 114 valence electrons. The van der Waals surface area contributed by atoms with Crippen molar-refractivity contribution in [2.75, 3.05) is 25.5 Å². The van der Waals surface area contributed by atoms with Gasteiger partial charge in [0, 0.05) is 19.2 Å². The van der Waals surface area contributed by atoms with Crippen LogP contribution in [0.15, 0.2) is 18.2 Å². The maximum absolute atomic E-state index is 11.5. The number of nitrogens with zero attached hydrogens (tertiary/aromatic N) is 1. The lowest BCUT2D eigenvalue weighted by molar-refractivity contribution is 0.0530. The lowest BCUT2D eigenvalue weighted by Crippen LogP contribution is -2.35. The van der Waals surface area contributed by atoms with Crippen LogP contribution in [-0.2, 0) is 4.74 Å². The molecular weight excluding hydrogens is 270 g/mol. The van der Waals surface area contributed by atoms with E-state index in [1.807, 2.05) is 0 Å². The highest BCUT2D eigenvalue weighted by Gasteiger charge is 2.15. The maximum atomic E-state index is 11.5. The maximum Gasteiger partial charge on any atom is 0.407 e. The van der Waals surface area contributed by atoms with Crippen LogP contribution < -0.4 is 15.4 Å². The molecule has 0 fully saturated rings. The number of hydrogen-bond acceptors (Lipinski definition) is 5. The zero-order valence-electron chi connectivity index (χ0n) is 12.8. The van der Waals surface area contributed by atoms with E-state index in [4.69, 9.17) is 14.7 Å². The van der Waals surface area contributed by atoms with E-state index in [2.05, 4.69) is 16.7 Å². The summed E-state index contributed by atoms with van der Waals surface area (Å²) in [6, 6.07) is 7.25.